The van der Waals surface area contributed by atoms with Gasteiger partial charge in [0.05, 0.1) is 17.4 Å². The lowest BCUT2D eigenvalue weighted by Gasteiger charge is -2.21. The minimum absolute atomic E-state index is 0.388. The number of aromatic nitrogens is 2. The summed E-state index contributed by atoms with van der Waals surface area (Å²) in [6.45, 7) is 10.6. The topological polar surface area (TPSA) is 54.7 Å². The van der Waals surface area contributed by atoms with E-state index in [1.54, 1.807) is 0 Å². The fourth-order valence-electron chi connectivity index (χ4n) is 2.64. The molecule has 20 heavy (non-hydrogen) atoms. The molecule has 3 N–H and O–H groups in total. The summed E-state index contributed by atoms with van der Waals surface area (Å²) in [4.78, 5) is 7.90. The number of hydrogen-bond acceptors (Lipinski definition) is 2. The van der Waals surface area contributed by atoms with E-state index < -0.39 is 0 Å². The third-order valence-electron chi connectivity index (χ3n) is 4.02. The molecule has 0 amide bonds. The fourth-order valence-corrected chi connectivity index (χ4v) is 2.64. The maximum atomic E-state index is 6.34. The highest BCUT2D eigenvalue weighted by Crippen LogP contribution is 2.28. The van der Waals surface area contributed by atoms with Crippen LogP contribution < -0.4 is 5.73 Å². The zero-order chi connectivity index (χ0) is 14.9. The average Bonchev–Trinajstić information content (AvgIpc) is 2.84. The molecule has 0 fully saturated rings. The monoisotopic (exact) mass is 271 g/mol. The number of rotatable bonds is 4. The quantitative estimate of drug-likeness (QED) is 0.883. The van der Waals surface area contributed by atoms with Gasteiger partial charge in [-0.1, -0.05) is 19.4 Å². The molecule has 0 saturated heterocycles. The first-order valence-corrected chi connectivity index (χ1v) is 7.27. The third kappa shape index (κ3) is 2.78. The van der Waals surface area contributed by atoms with Crippen molar-refractivity contribution in [3.63, 3.8) is 0 Å². The molecule has 0 aliphatic carbocycles. The predicted molar refractivity (Wildman–Crippen MR) is 84.7 cm³/mol. The summed E-state index contributed by atoms with van der Waals surface area (Å²) in [5.74, 6) is 0.868. The molecule has 2 rings (SSSR count). The molecule has 0 radical (unpaired) electrons. The first kappa shape index (κ1) is 14.8. The number of benzene rings is 1. The van der Waals surface area contributed by atoms with Crippen LogP contribution in [0.1, 0.15) is 49.2 Å². The van der Waals surface area contributed by atoms with Crippen molar-refractivity contribution >= 4 is 0 Å². The van der Waals surface area contributed by atoms with Crippen molar-refractivity contribution < 1.29 is 0 Å². The van der Waals surface area contributed by atoms with Crippen LogP contribution in [0.3, 0.4) is 0 Å². The van der Waals surface area contributed by atoms with Gasteiger partial charge in [0.1, 0.15) is 5.82 Å². The van der Waals surface area contributed by atoms with E-state index in [1.165, 1.54) is 22.3 Å². The second kappa shape index (κ2) is 5.41. The Morgan fingerprint density at radius 1 is 1.15 bits per heavy atom. The Labute approximate surface area is 121 Å². The highest BCUT2D eigenvalue weighted by atomic mass is 15.0. The SMILES string of the molecule is CCCC(C)(N)c1ncc(-c2cc(C)c(C)cc2C)[nH]1. The average molecular weight is 271 g/mol. The van der Waals surface area contributed by atoms with E-state index >= 15 is 0 Å². The van der Waals surface area contributed by atoms with E-state index in [1.807, 2.05) is 13.1 Å². The normalized spacial score (nSPS) is 14.3. The highest BCUT2D eigenvalue weighted by Gasteiger charge is 2.23. The van der Waals surface area contributed by atoms with Crippen molar-refractivity contribution in [2.45, 2.75) is 53.0 Å². The van der Waals surface area contributed by atoms with Crippen LogP contribution in [0.25, 0.3) is 11.3 Å². The van der Waals surface area contributed by atoms with Crippen LogP contribution in [0.5, 0.6) is 0 Å². The van der Waals surface area contributed by atoms with Crippen LogP contribution >= 0.6 is 0 Å². The van der Waals surface area contributed by atoms with Gasteiger partial charge in [-0.05, 0) is 56.9 Å². The first-order chi connectivity index (χ1) is 9.35. The van der Waals surface area contributed by atoms with Gasteiger partial charge in [0.15, 0.2) is 0 Å². The molecule has 3 nitrogen and oxygen atoms in total. The zero-order valence-electron chi connectivity index (χ0n) is 13.2. The third-order valence-corrected chi connectivity index (χ3v) is 4.02. The number of nitrogens with two attached hydrogens (primary N) is 1. The van der Waals surface area contributed by atoms with Crippen molar-refractivity contribution in [3.8, 4) is 11.3 Å². The van der Waals surface area contributed by atoms with Gasteiger partial charge in [0, 0.05) is 5.56 Å². The summed E-state index contributed by atoms with van der Waals surface area (Å²) in [6, 6.07) is 4.44. The molecule has 2 aromatic rings. The van der Waals surface area contributed by atoms with Crippen molar-refractivity contribution in [3.05, 3.63) is 40.8 Å². The Morgan fingerprint density at radius 2 is 1.80 bits per heavy atom. The van der Waals surface area contributed by atoms with Crippen LogP contribution in [0, 0.1) is 20.8 Å². The van der Waals surface area contributed by atoms with Crippen molar-refractivity contribution in [2.75, 3.05) is 0 Å². The Morgan fingerprint density at radius 3 is 2.45 bits per heavy atom. The van der Waals surface area contributed by atoms with Gasteiger partial charge < -0.3 is 10.7 Å². The standard InChI is InChI=1S/C17H25N3/c1-6-7-17(5,18)16-19-10-15(20-16)14-9-12(3)11(2)8-13(14)4/h8-10H,6-7,18H2,1-5H3,(H,19,20). The second-order valence-corrected chi connectivity index (χ2v) is 6.06. The van der Waals surface area contributed by atoms with E-state index in [4.69, 9.17) is 5.73 Å². The molecule has 1 aromatic heterocycles. The zero-order valence-corrected chi connectivity index (χ0v) is 13.2. The van der Waals surface area contributed by atoms with E-state index in [2.05, 4.69) is 49.8 Å². The Bertz CT molecular complexity index is 609. The number of aryl methyl sites for hydroxylation is 3. The first-order valence-electron chi connectivity index (χ1n) is 7.27. The van der Waals surface area contributed by atoms with E-state index in [0.29, 0.717) is 0 Å². The largest absolute Gasteiger partial charge is 0.340 e. The number of nitrogens with one attached hydrogen (secondary N) is 1. The minimum atomic E-state index is -0.388. The van der Waals surface area contributed by atoms with Crippen molar-refractivity contribution in [2.24, 2.45) is 5.73 Å². The lowest BCUT2D eigenvalue weighted by molar-refractivity contribution is 0.423. The minimum Gasteiger partial charge on any atom is -0.340 e. The molecule has 0 aliphatic rings. The van der Waals surface area contributed by atoms with Gasteiger partial charge in [0.2, 0.25) is 0 Å². The molecule has 1 heterocycles. The Balaban J connectivity index is 2.41. The summed E-state index contributed by atoms with van der Waals surface area (Å²) in [6.07, 6.45) is 3.87. The van der Waals surface area contributed by atoms with E-state index in [-0.39, 0.29) is 5.54 Å². The Kier molecular flexibility index (Phi) is 4.00. The van der Waals surface area contributed by atoms with Gasteiger partial charge in [0.25, 0.3) is 0 Å². The predicted octanol–water partition coefficient (Wildman–Crippen LogP) is 3.98. The molecule has 3 heteroatoms. The lowest BCUT2D eigenvalue weighted by Crippen LogP contribution is -2.34. The van der Waals surface area contributed by atoms with Crippen LogP contribution in [0.2, 0.25) is 0 Å². The summed E-state index contributed by atoms with van der Waals surface area (Å²) in [5.41, 5.74) is 12.1. The van der Waals surface area contributed by atoms with E-state index in [0.717, 1.165) is 24.4 Å². The molecule has 1 atom stereocenters. The number of nitrogens with zero attached hydrogens (tertiary/aromatic N) is 1. The van der Waals surface area contributed by atoms with Gasteiger partial charge in [-0.2, -0.15) is 0 Å². The molecule has 0 spiro atoms. The van der Waals surface area contributed by atoms with Gasteiger partial charge >= 0.3 is 0 Å². The Hall–Kier alpha value is -1.61. The number of H-pyrrole nitrogens is 1. The summed E-state index contributed by atoms with van der Waals surface area (Å²) in [5, 5.41) is 0. The second-order valence-electron chi connectivity index (χ2n) is 6.06. The fraction of sp³-hybridized carbons (Fsp3) is 0.471. The summed E-state index contributed by atoms with van der Waals surface area (Å²) >= 11 is 0. The van der Waals surface area contributed by atoms with Crippen molar-refractivity contribution in [1.29, 1.82) is 0 Å². The van der Waals surface area contributed by atoms with E-state index in [9.17, 15) is 0 Å². The maximum absolute atomic E-state index is 6.34. The summed E-state index contributed by atoms with van der Waals surface area (Å²) in [7, 11) is 0. The van der Waals surface area contributed by atoms with Crippen molar-refractivity contribution in [1.82, 2.24) is 9.97 Å². The molecular weight excluding hydrogens is 246 g/mol. The molecule has 1 unspecified atom stereocenters. The molecule has 0 aliphatic heterocycles. The molecule has 108 valence electrons. The van der Waals surface area contributed by atoms with Gasteiger partial charge in [-0.15, -0.1) is 0 Å². The van der Waals surface area contributed by atoms with Crippen LogP contribution in [0.4, 0.5) is 0 Å². The van der Waals surface area contributed by atoms with Crippen LogP contribution in [0.15, 0.2) is 18.3 Å². The smallest absolute Gasteiger partial charge is 0.126 e. The number of imidazole rings is 1. The number of hydrogen-bond donors (Lipinski definition) is 2. The summed E-state index contributed by atoms with van der Waals surface area (Å²) < 4.78 is 0. The van der Waals surface area contributed by atoms with Crippen LogP contribution in [-0.4, -0.2) is 9.97 Å². The highest BCUT2D eigenvalue weighted by molar-refractivity contribution is 5.65. The van der Waals surface area contributed by atoms with Crippen LogP contribution in [-0.2, 0) is 5.54 Å². The molecular formula is C17H25N3. The van der Waals surface area contributed by atoms with Gasteiger partial charge in [-0.3, -0.25) is 0 Å². The number of aromatic amines is 1. The lowest BCUT2D eigenvalue weighted by atomic mass is 9.97. The molecule has 0 bridgehead atoms. The molecule has 0 saturated carbocycles. The maximum Gasteiger partial charge on any atom is 0.126 e. The van der Waals surface area contributed by atoms with Gasteiger partial charge in [-0.25, -0.2) is 4.98 Å². The molecule has 1 aromatic carbocycles.